The zero-order chi connectivity index (χ0) is 12.5. The highest BCUT2D eigenvalue weighted by molar-refractivity contribution is 8.00. The first kappa shape index (κ1) is 12.8. The molecule has 1 aromatic rings. The van der Waals surface area contributed by atoms with Crippen molar-refractivity contribution in [1.82, 2.24) is 9.97 Å². The Labute approximate surface area is 111 Å². The summed E-state index contributed by atoms with van der Waals surface area (Å²) in [5, 5.41) is 0.339. The molecule has 0 bridgehead atoms. The van der Waals surface area contributed by atoms with Gasteiger partial charge in [-0.3, -0.25) is 0 Å². The maximum absolute atomic E-state index is 5.93. The van der Waals surface area contributed by atoms with Gasteiger partial charge >= 0.3 is 0 Å². The van der Waals surface area contributed by atoms with E-state index in [4.69, 9.17) is 17.3 Å². The zero-order valence-corrected chi connectivity index (χ0v) is 11.7. The lowest BCUT2D eigenvalue weighted by Gasteiger charge is -2.24. The summed E-state index contributed by atoms with van der Waals surface area (Å²) in [6, 6.07) is 0. The van der Waals surface area contributed by atoms with Gasteiger partial charge in [-0.05, 0) is 6.42 Å². The predicted molar refractivity (Wildman–Crippen MR) is 74.8 cm³/mol. The minimum atomic E-state index is 0.320. The number of nitrogen functional groups attached to an aromatic ring is 1. The number of anilines is 2. The average molecular weight is 273 g/mol. The van der Waals surface area contributed by atoms with Crippen molar-refractivity contribution in [2.24, 2.45) is 0 Å². The molecule has 2 heterocycles. The normalized spacial score (nSPS) is 20.1. The second-order valence-electron chi connectivity index (χ2n) is 4.75. The van der Waals surface area contributed by atoms with Crippen LogP contribution in [-0.4, -0.2) is 33.6 Å². The van der Waals surface area contributed by atoms with Crippen LogP contribution < -0.4 is 10.6 Å². The average Bonchev–Trinajstić information content (AvgIpc) is 2.44. The molecule has 4 nitrogen and oxygen atoms in total. The number of thioether (sulfide) groups is 1. The molecule has 0 aliphatic carbocycles. The molecule has 1 aliphatic heterocycles. The summed E-state index contributed by atoms with van der Waals surface area (Å²) in [4.78, 5) is 10.3. The van der Waals surface area contributed by atoms with Crippen LogP contribution in [0.2, 0.25) is 5.15 Å². The topological polar surface area (TPSA) is 55.0 Å². The number of hydrogen-bond acceptors (Lipinski definition) is 5. The van der Waals surface area contributed by atoms with E-state index >= 15 is 0 Å². The molecule has 2 N–H and O–H groups in total. The SMILES string of the molecule is CC1(C)CCN(c2ncnc(Cl)c2N)CCS1. The van der Waals surface area contributed by atoms with Gasteiger partial charge in [0.25, 0.3) is 0 Å². The Kier molecular flexibility index (Phi) is 3.68. The fourth-order valence-corrected chi connectivity index (χ4v) is 3.08. The number of rotatable bonds is 1. The molecule has 0 unspecified atom stereocenters. The summed E-state index contributed by atoms with van der Waals surface area (Å²) < 4.78 is 0.320. The monoisotopic (exact) mass is 272 g/mol. The quantitative estimate of drug-likeness (QED) is 0.796. The van der Waals surface area contributed by atoms with Crippen molar-refractivity contribution >= 4 is 34.9 Å². The van der Waals surface area contributed by atoms with E-state index in [1.165, 1.54) is 6.33 Å². The predicted octanol–water partition coefficient (Wildman–Crippen LogP) is 2.43. The van der Waals surface area contributed by atoms with Gasteiger partial charge in [0.1, 0.15) is 12.0 Å². The molecule has 0 amide bonds. The van der Waals surface area contributed by atoms with Gasteiger partial charge in [0.15, 0.2) is 11.0 Å². The van der Waals surface area contributed by atoms with Crippen LogP contribution >= 0.6 is 23.4 Å². The van der Waals surface area contributed by atoms with Crippen molar-refractivity contribution in [3.05, 3.63) is 11.5 Å². The van der Waals surface area contributed by atoms with Gasteiger partial charge < -0.3 is 10.6 Å². The van der Waals surface area contributed by atoms with Crippen LogP contribution in [0.3, 0.4) is 0 Å². The van der Waals surface area contributed by atoms with E-state index in [9.17, 15) is 0 Å². The molecule has 0 aromatic carbocycles. The fraction of sp³-hybridized carbons (Fsp3) is 0.636. The zero-order valence-electron chi connectivity index (χ0n) is 10.1. The van der Waals surface area contributed by atoms with Gasteiger partial charge in [0.05, 0.1) is 0 Å². The van der Waals surface area contributed by atoms with Crippen molar-refractivity contribution in [1.29, 1.82) is 0 Å². The Morgan fingerprint density at radius 1 is 1.41 bits per heavy atom. The molecule has 17 heavy (non-hydrogen) atoms. The Balaban J connectivity index is 2.20. The largest absolute Gasteiger partial charge is 0.393 e. The number of hydrogen-bond donors (Lipinski definition) is 1. The molecule has 0 spiro atoms. The summed E-state index contributed by atoms with van der Waals surface area (Å²) in [5.74, 6) is 1.84. The van der Waals surface area contributed by atoms with Crippen molar-refractivity contribution in [2.75, 3.05) is 29.5 Å². The van der Waals surface area contributed by atoms with E-state index in [-0.39, 0.29) is 0 Å². The van der Waals surface area contributed by atoms with Crippen LogP contribution in [0, 0.1) is 0 Å². The van der Waals surface area contributed by atoms with E-state index in [1.807, 2.05) is 11.8 Å². The van der Waals surface area contributed by atoms with E-state index < -0.39 is 0 Å². The Hall–Kier alpha value is -0.680. The number of nitrogens with two attached hydrogens (primary N) is 1. The summed E-state index contributed by atoms with van der Waals surface area (Å²) >= 11 is 7.91. The Bertz CT molecular complexity index is 410. The molecule has 0 radical (unpaired) electrons. The Morgan fingerprint density at radius 3 is 2.94 bits per heavy atom. The number of halogens is 1. The third kappa shape index (κ3) is 2.96. The standard InChI is InChI=1S/C11H17ClN4S/c1-11(2)3-4-16(5-6-17-11)10-8(13)9(12)14-7-15-10/h7H,3-6,13H2,1-2H3. The van der Waals surface area contributed by atoms with E-state index in [0.717, 1.165) is 31.1 Å². The van der Waals surface area contributed by atoms with Crippen LogP contribution in [0.1, 0.15) is 20.3 Å². The smallest absolute Gasteiger partial charge is 0.157 e. The summed E-state index contributed by atoms with van der Waals surface area (Å²) in [7, 11) is 0. The number of aromatic nitrogens is 2. The second kappa shape index (κ2) is 4.90. The highest BCUT2D eigenvalue weighted by Crippen LogP contribution is 2.34. The molecular weight excluding hydrogens is 256 g/mol. The van der Waals surface area contributed by atoms with E-state index in [1.54, 1.807) is 0 Å². The molecule has 1 aromatic heterocycles. The van der Waals surface area contributed by atoms with Crippen LogP contribution in [-0.2, 0) is 0 Å². The molecule has 1 aliphatic rings. The molecule has 0 atom stereocenters. The first-order chi connectivity index (χ1) is 7.99. The third-order valence-corrected chi connectivity index (χ3v) is 4.63. The van der Waals surface area contributed by atoms with Crippen molar-refractivity contribution in [3.8, 4) is 0 Å². The molecular formula is C11H17ClN4S. The van der Waals surface area contributed by atoms with Crippen LogP contribution in [0.25, 0.3) is 0 Å². The second-order valence-corrected chi connectivity index (χ2v) is 6.91. The lowest BCUT2D eigenvalue weighted by Crippen LogP contribution is -2.28. The van der Waals surface area contributed by atoms with Crippen LogP contribution in [0.15, 0.2) is 6.33 Å². The maximum atomic E-state index is 5.93. The van der Waals surface area contributed by atoms with Gasteiger partial charge in [-0.25, -0.2) is 9.97 Å². The van der Waals surface area contributed by atoms with Gasteiger partial charge in [-0.1, -0.05) is 25.4 Å². The lowest BCUT2D eigenvalue weighted by atomic mass is 10.1. The Morgan fingerprint density at radius 2 is 2.18 bits per heavy atom. The first-order valence-electron chi connectivity index (χ1n) is 5.64. The molecule has 1 fully saturated rings. The summed E-state index contributed by atoms with van der Waals surface area (Å²) in [6.07, 6.45) is 2.58. The van der Waals surface area contributed by atoms with Crippen LogP contribution in [0.4, 0.5) is 11.5 Å². The van der Waals surface area contributed by atoms with Gasteiger partial charge in [-0.15, -0.1) is 0 Å². The molecule has 2 rings (SSSR count). The maximum Gasteiger partial charge on any atom is 0.157 e. The minimum Gasteiger partial charge on any atom is -0.393 e. The van der Waals surface area contributed by atoms with Crippen molar-refractivity contribution in [2.45, 2.75) is 25.0 Å². The highest BCUT2D eigenvalue weighted by atomic mass is 35.5. The van der Waals surface area contributed by atoms with Crippen molar-refractivity contribution < 1.29 is 0 Å². The van der Waals surface area contributed by atoms with Crippen molar-refractivity contribution in [3.63, 3.8) is 0 Å². The van der Waals surface area contributed by atoms with Crippen LogP contribution in [0.5, 0.6) is 0 Å². The first-order valence-corrected chi connectivity index (χ1v) is 7.01. The summed E-state index contributed by atoms with van der Waals surface area (Å²) in [6.45, 7) is 6.46. The lowest BCUT2D eigenvalue weighted by molar-refractivity contribution is 0.635. The minimum absolute atomic E-state index is 0.320. The molecule has 6 heteroatoms. The van der Waals surface area contributed by atoms with E-state index in [2.05, 4.69) is 28.7 Å². The van der Waals surface area contributed by atoms with Gasteiger partial charge in [0.2, 0.25) is 0 Å². The molecule has 1 saturated heterocycles. The van der Waals surface area contributed by atoms with Gasteiger partial charge in [-0.2, -0.15) is 11.8 Å². The summed E-state index contributed by atoms with van der Waals surface area (Å²) in [5.41, 5.74) is 6.41. The fourth-order valence-electron chi connectivity index (χ4n) is 1.85. The molecule has 94 valence electrons. The van der Waals surface area contributed by atoms with E-state index in [0.29, 0.717) is 15.6 Å². The highest BCUT2D eigenvalue weighted by Gasteiger charge is 2.25. The molecule has 0 saturated carbocycles. The third-order valence-electron chi connectivity index (χ3n) is 2.95. The van der Waals surface area contributed by atoms with Gasteiger partial charge in [0, 0.05) is 23.6 Å². The number of nitrogens with zero attached hydrogens (tertiary/aromatic N) is 3.